The summed E-state index contributed by atoms with van der Waals surface area (Å²) in [5, 5.41) is 19.9. The number of ether oxygens (including phenoxy) is 1. The molecule has 0 spiro atoms. The summed E-state index contributed by atoms with van der Waals surface area (Å²) in [6.07, 6.45) is -0.365. The van der Waals surface area contributed by atoms with Gasteiger partial charge in [0.1, 0.15) is 11.6 Å². The van der Waals surface area contributed by atoms with E-state index >= 15 is 0 Å². The van der Waals surface area contributed by atoms with Crippen LogP contribution in [0.4, 0.5) is 13.2 Å². The van der Waals surface area contributed by atoms with E-state index in [2.05, 4.69) is 11.0 Å². The van der Waals surface area contributed by atoms with Crippen molar-refractivity contribution in [1.82, 2.24) is 14.8 Å². The van der Waals surface area contributed by atoms with Crippen molar-refractivity contribution >= 4 is 29.2 Å². The quantitative estimate of drug-likeness (QED) is 0.118. The van der Waals surface area contributed by atoms with Crippen LogP contribution in [0.25, 0.3) is 45.8 Å². The standard InChI is InChI=1S/C44H43F3N4O4/c1-26-17-31(39(44(45,46)47)20-34(26)24-51-16-14-35(52)25-51)12-11-30-7-5-8-36(27(30)2)37-9-6-10-38(28(37)3)42-49-40-19-29(18-33(21-48)41(40)55-42)22-50-15-13-32(23-50)43(53)54-4/h5-12,17-20,32,35,52H,13-16,22-25H2,1-4H3/b12-11+/t32-,35-/m1/s1. The van der Waals surface area contributed by atoms with E-state index < -0.39 is 17.8 Å². The van der Waals surface area contributed by atoms with Gasteiger partial charge in [-0.15, -0.1) is 0 Å². The Morgan fingerprint density at radius 3 is 2.35 bits per heavy atom. The van der Waals surface area contributed by atoms with Crippen LogP contribution < -0.4 is 0 Å². The lowest BCUT2D eigenvalue weighted by Gasteiger charge is -2.20. The van der Waals surface area contributed by atoms with Crippen molar-refractivity contribution in [1.29, 1.82) is 5.26 Å². The number of methoxy groups -OCH3 is 1. The van der Waals surface area contributed by atoms with Crippen LogP contribution in [0, 0.1) is 38.0 Å². The minimum Gasteiger partial charge on any atom is -0.469 e. The topological polar surface area (TPSA) is 103 Å². The van der Waals surface area contributed by atoms with Crippen LogP contribution in [0.5, 0.6) is 0 Å². The van der Waals surface area contributed by atoms with Gasteiger partial charge in [0, 0.05) is 38.3 Å². The van der Waals surface area contributed by atoms with Gasteiger partial charge in [-0.1, -0.05) is 48.6 Å². The number of halogens is 3. The second-order valence-electron chi connectivity index (χ2n) is 14.7. The van der Waals surface area contributed by atoms with Gasteiger partial charge in [-0.2, -0.15) is 18.4 Å². The third-order valence-electron chi connectivity index (χ3n) is 11.0. The van der Waals surface area contributed by atoms with E-state index in [0.29, 0.717) is 67.3 Å². The molecule has 0 amide bonds. The lowest BCUT2D eigenvalue weighted by molar-refractivity contribution is -0.145. The molecule has 284 valence electrons. The number of nitrogens with zero attached hydrogens (tertiary/aromatic N) is 4. The minimum atomic E-state index is -4.54. The zero-order valence-corrected chi connectivity index (χ0v) is 31.3. The Morgan fingerprint density at radius 1 is 0.945 bits per heavy atom. The number of benzene rings is 4. The Balaban J connectivity index is 1.17. The van der Waals surface area contributed by atoms with Crippen molar-refractivity contribution in [2.24, 2.45) is 5.92 Å². The van der Waals surface area contributed by atoms with Crippen LogP contribution in [0.1, 0.15) is 62.9 Å². The predicted molar refractivity (Wildman–Crippen MR) is 205 cm³/mol. The number of β-amino-alcohol motifs (C(OH)–C–C–N with tert-alkyl or cyclic N) is 1. The fraction of sp³-hybridized carbons (Fsp3) is 0.341. The highest BCUT2D eigenvalue weighted by Crippen LogP contribution is 2.38. The fourth-order valence-electron chi connectivity index (χ4n) is 7.96. The highest BCUT2D eigenvalue weighted by Gasteiger charge is 2.34. The second-order valence-corrected chi connectivity index (χ2v) is 14.7. The SMILES string of the molecule is COC(=O)[C@@H]1CCN(Cc2cc(C#N)c3oc(-c4cccc(-c5cccc(/C=C/c6cc(C)c(CN7CC[C@@H](O)C7)cc6C(F)(F)F)c5C)c4C)nc3c2)C1. The molecule has 2 fully saturated rings. The molecule has 7 rings (SSSR count). The molecular formula is C44H43F3N4O4. The van der Waals surface area contributed by atoms with Crippen LogP contribution in [0.2, 0.25) is 0 Å². The Labute approximate surface area is 318 Å². The third-order valence-corrected chi connectivity index (χ3v) is 11.0. The van der Waals surface area contributed by atoms with Crippen LogP contribution in [0.15, 0.2) is 65.1 Å². The number of aryl methyl sites for hydroxylation is 1. The van der Waals surface area contributed by atoms with E-state index in [1.165, 1.54) is 19.3 Å². The minimum absolute atomic E-state index is 0.0971. The Bertz CT molecular complexity index is 2340. The largest absolute Gasteiger partial charge is 0.469 e. The molecule has 11 heteroatoms. The molecule has 55 heavy (non-hydrogen) atoms. The van der Waals surface area contributed by atoms with Gasteiger partial charge in [0.15, 0.2) is 5.58 Å². The zero-order chi connectivity index (χ0) is 39.0. The summed E-state index contributed by atoms with van der Waals surface area (Å²) in [5.74, 6) is 0.00698. The number of esters is 1. The van der Waals surface area contributed by atoms with Gasteiger partial charge in [0.25, 0.3) is 0 Å². The summed E-state index contributed by atoms with van der Waals surface area (Å²) in [6, 6.07) is 20.4. The van der Waals surface area contributed by atoms with E-state index in [0.717, 1.165) is 57.5 Å². The molecule has 8 nitrogen and oxygen atoms in total. The molecule has 0 saturated carbocycles. The number of aromatic nitrogens is 1. The molecule has 0 unspecified atom stereocenters. The van der Waals surface area contributed by atoms with Crippen molar-refractivity contribution in [3.63, 3.8) is 0 Å². The van der Waals surface area contributed by atoms with Crippen molar-refractivity contribution in [2.45, 2.75) is 59.0 Å². The molecule has 1 N–H and O–H groups in total. The molecule has 0 bridgehead atoms. The lowest BCUT2D eigenvalue weighted by atomic mass is 9.91. The lowest BCUT2D eigenvalue weighted by Crippen LogP contribution is -2.23. The molecular weight excluding hydrogens is 706 g/mol. The van der Waals surface area contributed by atoms with Crippen molar-refractivity contribution in [3.05, 3.63) is 111 Å². The number of nitriles is 1. The monoisotopic (exact) mass is 748 g/mol. The van der Waals surface area contributed by atoms with Crippen LogP contribution in [-0.2, 0) is 28.8 Å². The van der Waals surface area contributed by atoms with Crippen LogP contribution in [-0.4, -0.2) is 65.3 Å². The number of oxazole rings is 1. The van der Waals surface area contributed by atoms with Crippen LogP contribution >= 0.6 is 0 Å². The first-order valence-electron chi connectivity index (χ1n) is 18.5. The highest BCUT2D eigenvalue weighted by atomic mass is 19.4. The number of aliphatic hydroxyl groups excluding tert-OH is 1. The molecule has 0 aliphatic carbocycles. The zero-order valence-electron chi connectivity index (χ0n) is 31.3. The molecule has 0 radical (unpaired) electrons. The molecule has 2 saturated heterocycles. The molecule has 2 aliphatic heterocycles. The predicted octanol–water partition coefficient (Wildman–Crippen LogP) is 8.71. The summed E-state index contributed by atoms with van der Waals surface area (Å²) in [5.41, 5.74) is 8.22. The number of hydrogen-bond donors (Lipinski definition) is 1. The Morgan fingerprint density at radius 2 is 1.64 bits per heavy atom. The fourth-order valence-corrected chi connectivity index (χ4v) is 7.96. The van der Waals surface area contributed by atoms with Crippen molar-refractivity contribution in [2.75, 3.05) is 33.3 Å². The van der Waals surface area contributed by atoms with Gasteiger partial charge in [0.05, 0.1) is 30.3 Å². The number of aliphatic hydroxyl groups is 1. The molecule has 2 aliphatic rings. The molecule has 1 aromatic heterocycles. The van der Waals surface area contributed by atoms with Crippen molar-refractivity contribution in [3.8, 4) is 28.7 Å². The second kappa shape index (κ2) is 15.5. The van der Waals surface area contributed by atoms with Gasteiger partial charge in [0.2, 0.25) is 5.89 Å². The number of likely N-dealkylation sites (tertiary alicyclic amines) is 2. The van der Waals surface area contributed by atoms with E-state index in [4.69, 9.17) is 14.1 Å². The normalized spacial score (nSPS) is 18.1. The van der Waals surface area contributed by atoms with Crippen LogP contribution in [0.3, 0.4) is 0 Å². The summed E-state index contributed by atoms with van der Waals surface area (Å²) in [4.78, 5) is 21.0. The summed E-state index contributed by atoms with van der Waals surface area (Å²) >= 11 is 0. The molecule has 2 atom stereocenters. The van der Waals surface area contributed by atoms with E-state index in [9.17, 15) is 28.3 Å². The molecule has 4 aromatic carbocycles. The maximum Gasteiger partial charge on any atom is 0.416 e. The number of rotatable bonds is 9. The summed E-state index contributed by atoms with van der Waals surface area (Å²) < 4.78 is 54.3. The first kappa shape index (κ1) is 38.0. The average Bonchev–Trinajstić information content (AvgIpc) is 3.91. The average molecular weight is 749 g/mol. The number of fused-ring (bicyclic) bond motifs is 1. The summed E-state index contributed by atoms with van der Waals surface area (Å²) in [7, 11) is 1.40. The first-order chi connectivity index (χ1) is 26.3. The number of alkyl halides is 3. The summed E-state index contributed by atoms with van der Waals surface area (Å²) in [6.45, 7) is 9.13. The maximum absolute atomic E-state index is 14.4. The van der Waals surface area contributed by atoms with Gasteiger partial charge in [-0.25, -0.2) is 4.98 Å². The van der Waals surface area contributed by atoms with E-state index in [1.807, 2.05) is 74.2 Å². The first-order valence-corrected chi connectivity index (χ1v) is 18.5. The smallest absolute Gasteiger partial charge is 0.416 e. The Hall–Kier alpha value is -5.28. The van der Waals surface area contributed by atoms with Gasteiger partial charge in [-0.3, -0.25) is 14.6 Å². The molecule has 3 heterocycles. The van der Waals surface area contributed by atoms with Gasteiger partial charge >= 0.3 is 12.1 Å². The number of hydrogen-bond acceptors (Lipinski definition) is 8. The number of carbonyl (C=O) groups excluding carboxylic acids is 1. The van der Waals surface area contributed by atoms with Gasteiger partial charge < -0.3 is 14.3 Å². The maximum atomic E-state index is 14.4. The number of carbonyl (C=O) groups is 1. The van der Waals surface area contributed by atoms with E-state index in [1.54, 1.807) is 12.1 Å². The molecule has 5 aromatic rings. The van der Waals surface area contributed by atoms with E-state index in [-0.39, 0.29) is 17.5 Å². The highest BCUT2D eigenvalue weighted by molar-refractivity contribution is 5.85. The third kappa shape index (κ3) is 7.94. The Kier molecular flexibility index (Phi) is 10.7. The van der Waals surface area contributed by atoms with Crippen molar-refractivity contribution < 1.29 is 32.2 Å². The van der Waals surface area contributed by atoms with Gasteiger partial charge in [-0.05, 0) is 114 Å².